The van der Waals surface area contributed by atoms with Gasteiger partial charge in [0.05, 0.1) is 6.61 Å². The third kappa shape index (κ3) is 5.32. The zero-order chi connectivity index (χ0) is 11.1. The van der Waals surface area contributed by atoms with Crippen molar-refractivity contribution in [1.29, 1.82) is 0 Å². The molecule has 0 bridgehead atoms. The van der Waals surface area contributed by atoms with Gasteiger partial charge in [-0.1, -0.05) is 13.8 Å². The zero-order valence-electron chi connectivity index (χ0n) is 9.66. The van der Waals surface area contributed by atoms with E-state index >= 15 is 0 Å². The molecule has 4 nitrogen and oxygen atoms in total. The molecule has 0 aliphatic heterocycles. The Morgan fingerprint density at radius 3 is 2.93 bits per heavy atom. The van der Waals surface area contributed by atoms with Crippen molar-refractivity contribution in [3.05, 3.63) is 18.1 Å². The monoisotopic (exact) mass is 209 g/mol. The van der Waals surface area contributed by atoms with Gasteiger partial charge in [-0.05, 0) is 19.9 Å². The van der Waals surface area contributed by atoms with E-state index in [0.29, 0.717) is 18.5 Å². The molecule has 1 N–H and O–H groups in total. The summed E-state index contributed by atoms with van der Waals surface area (Å²) in [7, 11) is 0. The van der Waals surface area contributed by atoms with Crippen molar-refractivity contribution in [3.63, 3.8) is 0 Å². The average Bonchev–Trinajstić information content (AvgIpc) is 2.17. The largest absolute Gasteiger partial charge is 0.478 e. The Morgan fingerprint density at radius 1 is 1.47 bits per heavy atom. The van der Waals surface area contributed by atoms with E-state index in [2.05, 4.69) is 29.1 Å². The molecule has 0 atom stereocenters. The lowest BCUT2D eigenvalue weighted by Crippen LogP contribution is -2.24. The third-order valence-electron chi connectivity index (χ3n) is 1.87. The quantitative estimate of drug-likeness (QED) is 0.722. The van der Waals surface area contributed by atoms with Gasteiger partial charge in [0.2, 0.25) is 5.88 Å². The van der Waals surface area contributed by atoms with E-state index in [4.69, 9.17) is 4.74 Å². The first kappa shape index (κ1) is 11.9. The van der Waals surface area contributed by atoms with Crippen LogP contribution in [0.5, 0.6) is 5.88 Å². The lowest BCUT2D eigenvalue weighted by molar-refractivity contribution is 0.294. The van der Waals surface area contributed by atoms with Crippen LogP contribution in [0.15, 0.2) is 12.3 Å². The molecule has 0 spiro atoms. The summed E-state index contributed by atoms with van der Waals surface area (Å²) in [6.45, 7) is 7.79. The topological polar surface area (TPSA) is 47.0 Å². The van der Waals surface area contributed by atoms with Crippen molar-refractivity contribution in [3.8, 4) is 5.88 Å². The number of aryl methyl sites for hydroxylation is 1. The van der Waals surface area contributed by atoms with E-state index in [1.165, 1.54) is 0 Å². The molecule has 4 heteroatoms. The molecule has 1 aromatic rings. The summed E-state index contributed by atoms with van der Waals surface area (Å²) in [6.07, 6.45) is 2.70. The standard InChI is InChI=1S/C11H19N3O/c1-9(2)12-6-4-8-15-11-5-7-13-10(3)14-11/h5,7,9,12H,4,6,8H2,1-3H3. The molecule has 0 amide bonds. The summed E-state index contributed by atoms with van der Waals surface area (Å²) >= 11 is 0. The van der Waals surface area contributed by atoms with Crippen LogP contribution in [0.4, 0.5) is 0 Å². The van der Waals surface area contributed by atoms with Crippen LogP contribution < -0.4 is 10.1 Å². The van der Waals surface area contributed by atoms with Crippen molar-refractivity contribution in [1.82, 2.24) is 15.3 Å². The smallest absolute Gasteiger partial charge is 0.216 e. The first-order valence-electron chi connectivity index (χ1n) is 5.34. The Balaban J connectivity index is 2.15. The van der Waals surface area contributed by atoms with Gasteiger partial charge in [-0.25, -0.2) is 4.98 Å². The van der Waals surface area contributed by atoms with Gasteiger partial charge in [0.15, 0.2) is 0 Å². The van der Waals surface area contributed by atoms with E-state index in [1.54, 1.807) is 12.3 Å². The second-order valence-electron chi connectivity index (χ2n) is 3.75. The molecule has 0 aromatic carbocycles. The van der Waals surface area contributed by atoms with Crippen LogP contribution >= 0.6 is 0 Å². The molecular weight excluding hydrogens is 190 g/mol. The van der Waals surface area contributed by atoms with Crippen molar-refractivity contribution in [2.75, 3.05) is 13.2 Å². The van der Waals surface area contributed by atoms with Gasteiger partial charge >= 0.3 is 0 Å². The maximum Gasteiger partial charge on any atom is 0.216 e. The minimum atomic E-state index is 0.534. The molecular formula is C11H19N3O. The van der Waals surface area contributed by atoms with Crippen LogP contribution in [0, 0.1) is 6.92 Å². The van der Waals surface area contributed by atoms with E-state index in [9.17, 15) is 0 Å². The minimum absolute atomic E-state index is 0.534. The van der Waals surface area contributed by atoms with Crippen molar-refractivity contribution < 1.29 is 4.74 Å². The van der Waals surface area contributed by atoms with E-state index in [1.807, 2.05) is 6.92 Å². The second-order valence-corrected chi connectivity index (χ2v) is 3.75. The molecule has 0 aliphatic carbocycles. The normalized spacial score (nSPS) is 10.7. The molecule has 1 rings (SSSR count). The highest BCUT2D eigenvalue weighted by molar-refractivity contribution is 5.07. The van der Waals surface area contributed by atoms with Gasteiger partial charge in [-0.2, -0.15) is 4.98 Å². The maximum absolute atomic E-state index is 5.48. The maximum atomic E-state index is 5.48. The summed E-state index contributed by atoms with van der Waals surface area (Å²) in [5.41, 5.74) is 0. The summed E-state index contributed by atoms with van der Waals surface area (Å²) in [5.74, 6) is 1.40. The second kappa shape index (κ2) is 6.35. The molecule has 0 saturated heterocycles. The Hall–Kier alpha value is -1.16. The predicted octanol–water partition coefficient (Wildman–Crippen LogP) is 1.55. The van der Waals surface area contributed by atoms with E-state index in [-0.39, 0.29) is 0 Å². The Labute approximate surface area is 91.1 Å². The number of aromatic nitrogens is 2. The van der Waals surface area contributed by atoms with Crippen LogP contribution in [-0.2, 0) is 0 Å². The van der Waals surface area contributed by atoms with Gasteiger partial charge in [-0.3, -0.25) is 0 Å². The molecule has 1 heterocycles. The number of nitrogens with one attached hydrogen (secondary N) is 1. The highest BCUT2D eigenvalue weighted by Crippen LogP contribution is 2.04. The van der Waals surface area contributed by atoms with Crippen molar-refractivity contribution in [2.24, 2.45) is 0 Å². The highest BCUT2D eigenvalue weighted by atomic mass is 16.5. The fourth-order valence-corrected chi connectivity index (χ4v) is 1.15. The van der Waals surface area contributed by atoms with E-state index in [0.717, 1.165) is 18.8 Å². The summed E-state index contributed by atoms with van der Waals surface area (Å²) in [5, 5.41) is 3.33. The predicted molar refractivity (Wildman–Crippen MR) is 60.0 cm³/mol. The lowest BCUT2D eigenvalue weighted by atomic mass is 10.3. The van der Waals surface area contributed by atoms with Crippen LogP contribution in [0.1, 0.15) is 26.1 Å². The van der Waals surface area contributed by atoms with Crippen molar-refractivity contribution in [2.45, 2.75) is 33.2 Å². The number of hydrogen-bond donors (Lipinski definition) is 1. The number of rotatable bonds is 6. The summed E-state index contributed by atoms with van der Waals surface area (Å²) < 4.78 is 5.48. The summed E-state index contributed by atoms with van der Waals surface area (Å²) in [6, 6.07) is 2.31. The Bertz CT molecular complexity index is 289. The molecule has 0 saturated carbocycles. The Kier molecular flexibility index (Phi) is 5.04. The van der Waals surface area contributed by atoms with Gasteiger partial charge in [0, 0.05) is 18.3 Å². The molecule has 0 radical (unpaired) electrons. The average molecular weight is 209 g/mol. The molecule has 0 fully saturated rings. The SMILES string of the molecule is Cc1nccc(OCCCNC(C)C)n1. The van der Waals surface area contributed by atoms with Gasteiger partial charge < -0.3 is 10.1 Å². The summed E-state index contributed by atoms with van der Waals surface area (Å²) in [4.78, 5) is 8.16. The third-order valence-corrected chi connectivity index (χ3v) is 1.87. The van der Waals surface area contributed by atoms with Crippen molar-refractivity contribution >= 4 is 0 Å². The van der Waals surface area contributed by atoms with Crippen LogP contribution in [0.25, 0.3) is 0 Å². The van der Waals surface area contributed by atoms with Gasteiger partial charge in [0.1, 0.15) is 5.82 Å². The fraction of sp³-hybridized carbons (Fsp3) is 0.636. The van der Waals surface area contributed by atoms with Gasteiger partial charge in [-0.15, -0.1) is 0 Å². The fourth-order valence-electron chi connectivity index (χ4n) is 1.15. The minimum Gasteiger partial charge on any atom is -0.478 e. The molecule has 84 valence electrons. The first-order chi connectivity index (χ1) is 7.18. The molecule has 0 unspecified atom stereocenters. The zero-order valence-corrected chi connectivity index (χ0v) is 9.66. The number of hydrogen-bond acceptors (Lipinski definition) is 4. The van der Waals surface area contributed by atoms with E-state index < -0.39 is 0 Å². The van der Waals surface area contributed by atoms with Crippen LogP contribution in [0.3, 0.4) is 0 Å². The molecule has 15 heavy (non-hydrogen) atoms. The lowest BCUT2D eigenvalue weighted by Gasteiger charge is -2.08. The number of nitrogens with zero attached hydrogens (tertiary/aromatic N) is 2. The van der Waals surface area contributed by atoms with Crippen LogP contribution in [0.2, 0.25) is 0 Å². The number of ether oxygens (including phenoxy) is 1. The first-order valence-corrected chi connectivity index (χ1v) is 5.34. The Morgan fingerprint density at radius 2 is 2.27 bits per heavy atom. The van der Waals surface area contributed by atoms with Gasteiger partial charge in [0.25, 0.3) is 0 Å². The highest BCUT2D eigenvalue weighted by Gasteiger charge is 1.96. The molecule has 1 aromatic heterocycles. The van der Waals surface area contributed by atoms with Crippen LogP contribution in [-0.4, -0.2) is 29.2 Å². The molecule has 0 aliphatic rings.